The van der Waals surface area contributed by atoms with E-state index in [1.54, 1.807) is 30.3 Å². The Morgan fingerprint density at radius 2 is 1.45 bits per heavy atom. The Bertz CT molecular complexity index is 1430. The lowest BCUT2D eigenvalue weighted by molar-refractivity contribution is -0.141. The molecular weight excluding hydrogens is 522 g/mol. The van der Waals surface area contributed by atoms with E-state index in [9.17, 15) is 18.0 Å². The van der Waals surface area contributed by atoms with Gasteiger partial charge in [0.1, 0.15) is 12.6 Å². The number of rotatable bonds is 10. The first-order valence-electron chi connectivity index (χ1n) is 13.5. The van der Waals surface area contributed by atoms with Gasteiger partial charge < -0.3 is 10.2 Å². The molecule has 214 valence electrons. The minimum Gasteiger partial charge on any atom is -0.350 e. The molecule has 8 heteroatoms. The van der Waals surface area contributed by atoms with Crippen molar-refractivity contribution in [3.8, 4) is 0 Å². The third-order valence-corrected chi connectivity index (χ3v) is 8.38. The number of amides is 2. The second kappa shape index (κ2) is 12.7. The first-order valence-corrected chi connectivity index (χ1v) is 15.0. The van der Waals surface area contributed by atoms with Crippen LogP contribution in [-0.2, 0) is 26.2 Å². The molecule has 0 aromatic heterocycles. The lowest BCUT2D eigenvalue weighted by Gasteiger charge is -2.35. The van der Waals surface area contributed by atoms with Gasteiger partial charge in [-0.25, -0.2) is 8.42 Å². The third-order valence-electron chi connectivity index (χ3n) is 6.59. The molecule has 2 amide bonds. The third kappa shape index (κ3) is 7.72. The highest BCUT2D eigenvalue weighted by molar-refractivity contribution is 7.92. The monoisotopic (exact) mass is 563 g/mol. The molecule has 3 aromatic carbocycles. The van der Waals surface area contributed by atoms with Crippen molar-refractivity contribution in [2.75, 3.05) is 10.8 Å². The van der Waals surface area contributed by atoms with Gasteiger partial charge in [0.05, 0.1) is 10.6 Å². The van der Waals surface area contributed by atoms with Crippen LogP contribution in [0.5, 0.6) is 0 Å². The van der Waals surface area contributed by atoms with Crippen LogP contribution < -0.4 is 9.62 Å². The predicted molar refractivity (Wildman–Crippen MR) is 161 cm³/mol. The molecule has 0 saturated carbocycles. The van der Waals surface area contributed by atoms with Crippen LogP contribution in [0, 0.1) is 20.8 Å². The van der Waals surface area contributed by atoms with Crippen molar-refractivity contribution >= 4 is 27.5 Å². The molecule has 0 unspecified atom stereocenters. The lowest BCUT2D eigenvalue weighted by Crippen LogP contribution is -2.55. The quantitative estimate of drug-likeness (QED) is 0.352. The maximum atomic E-state index is 14.2. The number of nitrogens with one attached hydrogen (secondary N) is 1. The van der Waals surface area contributed by atoms with E-state index in [-0.39, 0.29) is 17.3 Å². The first-order chi connectivity index (χ1) is 18.7. The minimum absolute atomic E-state index is 0.0879. The fourth-order valence-electron chi connectivity index (χ4n) is 4.69. The summed E-state index contributed by atoms with van der Waals surface area (Å²) in [6.07, 6.45) is 0.370. The molecule has 0 aliphatic heterocycles. The van der Waals surface area contributed by atoms with Gasteiger partial charge in [-0.3, -0.25) is 13.9 Å². The molecule has 3 rings (SSSR count). The SMILES string of the molecule is CC[C@@H](C(=O)NC(C)(C)C)N(Cc1ccccc1C)C(=O)CN(c1cc(C)cc(C)c1)S(=O)(=O)c1ccccc1. The Labute approximate surface area is 239 Å². The fraction of sp³-hybridized carbons (Fsp3) is 0.375. The summed E-state index contributed by atoms with van der Waals surface area (Å²) in [6.45, 7) is 13.0. The highest BCUT2D eigenvalue weighted by Crippen LogP contribution is 2.27. The Hall–Kier alpha value is -3.65. The molecule has 1 atom stereocenters. The first kappa shape index (κ1) is 30.9. The van der Waals surface area contributed by atoms with Crippen LogP contribution in [-0.4, -0.2) is 43.3 Å². The van der Waals surface area contributed by atoms with E-state index < -0.39 is 34.1 Å². The van der Waals surface area contributed by atoms with Crippen molar-refractivity contribution < 1.29 is 18.0 Å². The zero-order chi connectivity index (χ0) is 29.7. The zero-order valence-electron chi connectivity index (χ0n) is 24.6. The average Bonchev–Trinajstić information content (AvgIpc) is 2.87. The summed E-state index contributed by atoms with van der Waals surface area (Å²) in [5, 5.41) is 3.00. The lowest BCUT2D eigenvalue weighted by atomic mass is 10.0. The normalized spacial score (nSPS) is 12.5. The van der Waals surface area contributed by atoms with Crippen molar-refractivity contribution in [1.82, 2.24) is 10.2 Å². The molecule has 7 nitrogen and oxygen atoms in total. The Balaban J connectivity index is 2.11. The number of benzene rings is 3. The number of hydrogen-bond acceptors (Lipinski definition) is 4. The van der Waals surface area contributed by atoms with Gasteiger partial charge >= 0.3 is 0 Å². The molecule has 0 heterocycles. The average molecular weight is 564 g/mol. The van der Waals surface area contributed by atoms with Gasteiger partial charge in [0.25, 0.3) is 10.0 Å². The molecule has 0 aliphatic carbocycles. The van der Waals surface area contributed by atoms with E-state index in [2.05, 4.69) is 5.32 Å². The number of nitrogens with zero attached hydrogens (tertiary/aromatic N) is 2. The maximum Gasteiger partial charge on any atom is 0.264 e. The van der Waals surface area contributed by atoms with Gasteiger partial charge in [-0.2, -0.15) is 0 Å². The summed E-state index contributed by atoms with van der Waals surface area (Å²) in [7, 11) is -4.09. The molecular formula is C32H41N3O4S. The smallest absolute Gasteiger partial charge is 0.264 e. The number of carbonyl (C=O) groups excluding carboxylic acids is 2. The molecule has 0 saturated heterocycles. The van der Waals surface area contributed by atoms with Crippen molar-refractivity contribution in [3.63, 3.8) is 0 Å². The number of hydrogen-bond donors (Lipinski definition) is 1. The standard InChI is InChI=1S/C32H41N3O4S/c1-8-29(31(37)33-32(5,6)7)34(21-26-15-13-12-14-25(26)4)30(36)22-35(27-19-23(2)18-24(3)20-27)40(38,39)28-16-10-9-11-17-28/h9-20,29H,8,21-22H2,1-7H3,(H,33,37)/t29-/m0/s1. The second-order valence-electron chi connectivity index (χ2n) is 11.3. The molecule has 3 aromatic rings. The largest absolute Gasteiger partial charge is 0.350 e. The number of carbonyl (C=O) groups is 2. The van der Waals surface area contributed by atoms with Gasteiger partial charge in [-0.15, -0.1) is 0 Å². The van der Waals surface area contributed by atoms with Crippen LogP contribution >= 0.6 is 0 Å². The second-order valence-corrected chi connectivity index (χ2v) is 13.1. The van der Waals surface area contributed by atoms with Gasteiger partial charge in [0, 0.05) is 12.1 Å². The fourth-order valence-corrected chi connectivity index (χ4v) is 6.11. The van der Waals surface area contributed by atoms with E-state index in [1.807, 2.05) is 78.8 Å². The van der Waals surface area contributed by atoms with E-state index in [0.29, 0.717) is 12.1 Å². The molecule has 0 aliphatic rings. The molecule has 0 spiro atoms. The van der Waals surface area contributed by atoms with Crippen molar-refractivity contribution in [2.24, 2.45) is 0 Å². The molecule has 0 radical (unpaired) electrons. The summed E-state index contributed by atoms with van der Waals surface area (Å²) in [5.41, 5.74) is 3.53. The van der Waals surface area contributed by atoms with Crippen LogP contribution in [0.4, 0.5) is 5.69 Å². The Morgan fingerprint density at radius 3 is 2.00 bits per heavy atom. The Morgan fingerprint density at radius 1 is 0.875 bits per heavy atom. The van der Waals surface area contributed by atoms with Crippen LogP contribution in [0.3, 0.4) is 0 Å². The highest BCUT2D eigenvalue weighted by Gasteiger charge is 2.34. The van der Waals surface area contributed by atoms with Crippen LogP contribution in [0.1, 0.15) is 56.4 Å². The summed E-state index contributed by atoms with van der Waals surface area (Å²) >= 11 is 0. The topological polar surface area (TPSA) is 86.8 Å². The summed E-state index contributed by atoms with van der Waals surface area (Å²) < 4.78 is 29.1. The van der Waals surface area contributed by atoms with E-state index in [1.165, 1.54) is 17.0 Å². The van der Waals surface area contributed by atoms with Gasteiger partial charge in [-0.05, 0) is 94.5 Å². The predicted octanol–water partition coefficient (Wildman–Crippen LogP) is 5.53. The van der Waals surface area contributed by atoms with Gasteiger partial charge in [0.15, 0.2) is 0 Å². The van der Waals surface area contributed by atoms with Crippen molar-refractivity contribution in [1.29, 1.82) is 0 Å². The number of sulfonamides is 1. The van der Waals surface area contributed by atoms with E-state index in [4.69, 9.17) is 0 Å². The molecule has 40 heavy (non-hydrogen) atoms. The van der Waals surface area contributed by atoms with Crippen LogP contribution in [0.25, 0.3) is 0 Å². The number of anilines is 1. The summed E-state index contributed by atoms with van der Waals surface area (Å²) in [5.74, 6) is -0.737. The van der Waals surface area contributed by atoms with Crippen LogP contribution in [0.15, 0.2) is 77.7 Å². The minimum atomic E-state index is -4.09. The maximum absolute atomic E-state index is 14.2. The zero-order valence-corrected chi connectivity index (χ0v) is 25.4. The highest BCUT2D eigenvalue weighted by atomic mass is 32.2. The summed E-state index contributed by atoms with van der Waals surface area (Å²) in [4.78, 5) is 29.2. The van der Waals surface area contributed by atoms with Crippen LogP contribution in [0.2, 0.25) is 0 Å². The molecule has 0 fully saturated rings. The molecule has 0 bridgehead atoms. The van der Waals surface area contributed by atoms with Crippen molar-refractivity contribution in [2.45, 2.75) is 77.9 Å². The molecule has 1 N–H and O–H groups in total. The Kier molecular flexibility index (Phi) is 9.79. The number of aryl methyl sites for hydroxylation is 3. The van der Waals surface area contributed by atoms with Gasteiger partial charge in [0.2, 0.25) is 11.8 Å². The summed E-state index contributed by atoms with van der Waals surface area (Å²) in [6, 6.07) is 20.5. The van der Waals surface area contributed by atoms with Crippen molar-refractivity contribution in [3.05, 3.63) is 95.1 Å². The van der Waals surface area contributed by atoms with E-state index in [0.717, 1.165) is 26.6 Å². The van der Waals surface area contributed by atoms with Gasteiger partial charge in [-0.1, -0.05) is 55.5 Å². The van der Waals surface area contributed by atoms with E-state index >= 15 is 0 Å².